The van der Waals surface area contributed by atoms with Crippen LogP contribution in [0.2, 0.25) is 0 Å². The van der Waals surface area contributed by atoms with E-state index in [1.165, 1.54) is 23.2 Å². The van der Waals surface area contributed by atoms with Crippen molar-refractivity contribution in [2.24, 2.45) is 0 Å². The van der Waals surface area contributed by atoms with Crippen molar-refractivity contribution in [3.05, 3.63) is 71.8 Å². The summed E-state index contributed by atoms with van der Waals surface area (Å²) in [5, 5.41) is 9.37. The molecule has 0 aliphatic rings. The lowest BCUT2D eigenvalue weighted by atomic mass is 9.78. The third kappa shape index (κ3) is 5.68. The van der Waals surface area contributed by atoms with Crippen molar-refractivity contribution in [1.82, 2.24) is 0 Å². The van der Waals surface area contributed by atoms with Crippen molar-refractivity contribution in [1.29, 1.82) is 0 Å². The molecule has 0 amide bonds. The summed E-state index contributed by atoms with van der Waals surface area (Å²) >= 11 is 1.34. The maximum absolute atomic E-state index is 9.37. The molecule has 0 spiro atoms. The first kappa shape index (κ1) is 19.2. The smallest absolute Gasteiger partial charge is 0.137 e. The van der Waals surface area contributed by atoms with Gasteiger partial charge in [0.1, 0.15) is 11.5 Å². The molecule has 0 unspecified atom stereocenters. The van der Waals surface area contributed by atoms with E-state index in [1.54, 1.807) is 12.1 Å². The Balaban J connectivity index is 0.000000593. The SMILES string of the molecule is CC=CC.CSOc1ccc(C(C)(C)c2ccc(O)cc2)cc1. The molecule has 0 saturated carbocycles. The first-order chi connectivity index (χ1) is 11.0. The zero-order valence-electron chi connectivity index (χ0n) is 14.5. The van der Waals surface area contributed by atoms with Gasteiger partial charge in [-0.15, -0.1) is 0 Å². The molecule has 1 N–H and O–H groups in total. The van der Waals surface area contributed by atoms with Gasteiger partial charge in [-0.05, 0) is 49.2 Å². The second kappa shape index (κ2) is 9.31. The molecular formula is C20H26O2S. The van der Waals surface area contributed by atoms with Crippen molar-refractivity contribution in [2.75, 3.05) is 6.26 Å². The van der Waals surface area contributed by atoms with E-state index in [0.29, 0.717) is 5.75 Å². The molecule has 0 aliphatic carbocycles. The molecule has 2 aromatic rings. The van der Waals surface area contributed by atoms with Crippen LogP contribution in [0.5, 0.6) is 11.5 Å². The maximum atomic E-state index is 9.37. The number of phenolic OH excluding ortho intramolecular Hbond substituents is 1. The van der Waals surface area contributed by atoms with Gasteiger partial charge in [-0.3, -0.25) is 0 Å². The minimum atomic E-state index is -0.106. The second-order valence-corrected chi connectivity index (χ2v) is 6.11. The van der Waals surface area contributed by atoms with Crippen molar-refractivity contribution in [3.8, 4) is 11.5 Å². The van der Waals surface area contributed by atoms with E-state index in [0.717, 1.165) is 5.75 Å². The minimum Gasteiger partial charge on any atom is -0.508 e. The van der Waals surface area contributed by atoms with E-state index < -0.39 is 0 Å². The van der Waals surface area contributed by atoms with Crippen LogP contribution in [0.15, 0.2) is 60.7 Å². The summed E-state index contributed by atoms with van der Waals surface area (Å²) in [6.07, 6.45) is 5.90. The van der Waals surface area contributed by atoms with Crippen LogP contribution in [0.25, 0.3) is 0 Å². The molecule has 0 heterocycles. The van der Waals surface area contributed by atoms with Crippen LogP contribution in [0.1, 0.15) is 38.8 Å². The Morgan fingerprint density at radius 1 is 0.870 bits per heavy atom. The average Bonchev–Trinajstić information content (AvgIpc) is 2.56. The number of benzene rings is 2. The van der Waals surface area contributed by atoms with Crippen LogP contribution in [-0.4, -0.2) is 11.4 Å². The van der Waals surface area contributed by atoms with Gasteiger partial charge in [0.25, 0.3) is 0 Å². The van der Waals surface area contributed by atoms with Gasteiger partial charge in [0.15, 0.2) is 0 Å². The Morgan fingerprint density at radius 2 is 1.30 bits per heavy atom. The van der Waals surface area contributed by atoms with Gasteiger partial charge in [-0.2, -0.15) is 0 Å². The second-order valence-electron chi connectivity index (χ2n) is 5.61. The third-order valence-corrected chi connectivity index (χ3v) is 4.04. The lowest BCUT2D eigenvalue weighted by molar-refractivity contribution is 0.474. The molecule has 0 fully saturated rings. The average molecular weight is 330 g/mol. The van der Waals surface area contributed by atoms with Crippen LogP contribution >= 0.6 is 12.0 Å². The highest BCUT2D eigenvalue weighted by molar-refractivity contribution is 7.94. The van der Waals surface area contributed by atoms with Gasteiger partial charge >= 0.3 is 0 Å². The highest BCUT2D eigenvalue weighted by Crippen LogP contribution is 2.33. The number of rotatable bonds is 4. The Morgan fingerprint density at radius 3 is 1.70 bits per heavy atom. The highest BCUT2D eigenvalue weighted by Gasteiger charge is 2.22. The fraction of sp³-hybridized carbons (Fsp3) is 0.300. The summed E-state index contributed by atoms with van der Waals surface area (Å²) in [5.74, 6) is 1.15. The predicted molar refractivity (Wildman–Crippen MR) is 101 cm³/mol. The van der Waals surface area contributed by atoms with Gasteiger partial charge in [0.05, 0.1) is 12.0 Å². The molecule has 2 nitrogen and oxygen atoms in total. The summed E-state index contributed by atoms with van der Waals surface area (Å²) in [5.41, 5.74) is 2.28. The fourth-order valence-electron chi connectivity index (χ4n) is 2.07. The molecule has 0 bridgehead atoms. The lowest BCUT2D eigenvalue weighted by Crippen LogP contribution is -2.18. The molecule has 0 saturated heterocycles. The Kier molecular flexibility index (Phi) is 7.76. The van der Waals surface area contributed by atoms with Crippen molar-refractivity contribution >= 4 is 12.0 Å². The van der Waals surface area contributed by atoms with Crippen LogP contribution in [-0.2, 0) is 5.41 Å². The topological polar surface area (TPSA) is 29.5 Å². The summed E-state index contributed by atoms with van der Waals surface area (Å²) in [4.78, 5) is 0. The predicted octanol–water partition coefficient (Wildman–Crippen LogP) is 5.96. The van der Waals surface area contributed by atoms with Crippen LogP contribution in [0.3, 0.4) is 0 Å². The van der Waals surface area contributed by atoms with Crippen molar-refractivity contribution in [3.63, 3.8) is 0 Å². The first-order valence-electron chi connectivity index (χ1n) is 7.63. The molecule has 0 atom stereocenters. The lowest BCUT2D eigenvalue weighted by Gasteiger charge is -2.26. The molecule has 23 heavy (non-hydrogen) atoms. The van der Waals surface area contributed by atoms with E-state index in [2.05, 4.69) is 26.0 Å². The minimum absolute atomic E-state index is 0.106. The van der Waals surface area contributed by atoms with Gasteiger partial charge in [0.2, 0.25) is 0 Å². The molecule has 2 rings (SSSR count). The van der Waals surface area contributed by atoms with E-state index in [4.69, 9.17) is 4.18 Å². The normalized spacial score (nSPS) is 11.0. The summed E-state index contributed by atoms with van der Waals surface area (Å²) in [6.45, 7) is 8.34. The fourth-order valence-corrected chi connectivity index (χ4v) is 2.37. The molecule has 0 radical (unpaired) electrons. The van der Waals surface area contributed by atoms with Gasteiger partial charge in [-0.25, -0.2) is 0 Å². The van der Waals surface area contributed by atoms with E-state index in [9.17, 15) is 5.11 Å². The number of aromatic hydroxyl groups is 1. The number of hydrogen-bond acceptors (Lipinski definition) is 3. The maximum Gasteiger partial charge on any atom is 0.137 e. The van der Waals surface area contributed by atoms with E-state index >= 15 is 0 Å². The Bertz CT molecular complexity index is 595. The summed E-state index contributed by atoms with van der Waals surface area (Å²) < 4.78 is 5.38. The zero-order valence-corrected chi connectivity index (χ0v) is 15.4. The Hall–Kier alpha value is -1.87. The number of phenols is 1. The van der Waals surface area contributed by atoms with E-state index in [-0.39, 0.29) is 5.41 Å². The zero-order chi connectivity index (χ0) is 17.3. The van der Waals surface area contributed by atoms with Crippen LogP contribution in [0.4, 0.5) is 0 Å². The summed E-state index contributed by atoms with van der Waals surface area (Å²) in [6, 6.07) is 15.5. The Labute approximate surface area is 144 Å². The quantitative estimate of drug-likeness (QED) is 0.554. The molecule has 124 valence electrons. The van der Waals surface area contributed by atoms with Gasteiger partial charge < -0.3 is 9.29 Å². The molecule has 0 aliphatic heterocycles. The van der Waals surface area contributed by atoms with Gasteiger partial charge in [0, 0.05) is 11.7 Å². The van der Waals surface area contributed by atoms with Crippen LogP contribution < -0.4 is 4.18 Å². The molecule has 2 aromatic carbocycles. The standard InChI is InChI=1S/C16H18O2S.C4H8/c1-16(2,12-4-8-14(17)9-5-12)13-6-10-15(11-7-13)18-19-3;1-3-4-2/h4-11,17H,1-3H3;3-4H,1-2H3. The van der Waals surface area contributed by atoms with Crippen molar-refractivity contribution in [2.45, 2.75) is 33.1 Å². The number of allylic oxidation sites excluding steroid dienone is 2. The van der Waals surface area contributed by atoms with Crippen molar-refractivity contribution < 1.29 is 9.29 Å². The molecule has 3 heteroatoms. The summed E-state index contributed by atoms with van der Waals surface area (Å²) in [7, 11) is 0. The monoisotopic (exact) mass is 330 g/mol. The molecule has 0 aromatic heterocycles. The largest absolute Gasteiger partial charge is 0.508 e. The third-order valence-electron chi connectivity index (χ3n) is 3.68. The number of hydrogen-bond donors (Lipinski definition) is 1. The van der Waals surface area contributed by atoms with E-state index in [1.807, 2.05) is 56.5 Å². The molecular weight excluding hydrogens is 304 g/mol. The van der Waals surface area contributed by atoms with Crippen LogP contribution in [0, 0.1) is 0 Å². The highest BCUT2D eigenvalue weighted by atomic mass is 32.2. The first-order valence-corrected chi connectivity index (χ1v) is 8.78. The van der Waals surface area contributed by atoms with Gasteiger partial charge in [-0.1, -0.05) is 50.3 Å².